The van der Waals surface area contributed by atoms with Gasteiger partial charge in [-0.15, -0.1) is 4.28 Å². The third kappa shape index (κ3) is 2.41. The van der Waals surface area contributed by atoms with Gasteiger partial charge in [0.15, 0.2) is 0 Å². The minimum atomic E-state index is -4.71. The van der Waals surface area contributed by atoms with Gasteiger partial charge in [-0.1, -0.05) is 6.08 Å². The van der Waals surface area contributed by atoms with Crippen molar-refractivity contribution >= 4 is 16.4 Å². The SMILES string of the molecule is COCC1=CCN2CC1N(OS(=O)(=O)O)C2=O. The first-order valence-corrected chi connectivity index (χ1v) is 6.22. The van der Waals surface area contributed by atoms with E-state index in [1.165, 1.54) is 12.0 Å². The zero-order chi connectivity index (χ0) is 12.6. The van der Waals surface area contributed by atoms with Crippen LogP contribution in [-0.4, -0.2) is 61.8 Å². The van der Waals surface area contributed by atoms with E-state index in [4.69, 9.17) is 9.29 Å². The van der Waals surface area contributed by atoms with Crippen molar-refractivity contribution < 1.29 is 26.8 Å². The summed E-state index contributed by atoms with van der Waals surface area (Å²) in [5.74, 6) is 0. The lowest BCUT2D eigenvalue weighted by Gasteiger charge is -2.22. The Bertz CT molecular complexity index is 459. The third-order valence-electron chi connectivity index (χ3n) is 2.62. The van der Waals surface area contributed by atoms with E-state index < -0.39 is 22.5 Å². The maximum absolute atomic E-state index is 11.7. The maximum atomic E-state index is 11.7. The molecule has 0 spiro atoms. The Morgan fingerprint density at radius 1 is 1.59 bits per heavy atom. The fraction of sp³-hybridized carbons (Fsp3) is 0.625. The summed E-state index contributed by atoms with van der Waals surface area (Å²) in [6.45, 7) is 0.972. The van der Waals surface area contributed by atoms with Gasteiger partial charge in [0.25, 0.3) is 0 Å². The predicted octanol–water partition coefficient (Wildman–Crippen LogP) is -0.587. The summed E-state index contributed by atoms with van der Waals surface area (Å²) >= 11 is 0. The quantitative estimate of drug-likeness (QED) is 0.538. The van der Waals surface area contributed by atoms with Gasteiger partial charge in [0.05, 0.1) is 6.61 Å². The van der Waals surface area contributed by atoms with Crippen molar-refractivity contribution in [3.05, 3.63) is 11.6 Å². The first kappa shape index (κ1) is 12.3. The van der Waals surface area contributed by atoms with Crippen molar-refractivity contribution in [2.24, 2.45) is 0 Å². The number of urea groups is 1. The molecule has 8 nitrogen and oxygen atoms in total. The number of amides is 2. The highest BCUT2D eigenvalue weighted by atomic mass is 32.3. The van der Waals surface area contributed by atoms with Crippen molar-refractivity contribution in [3.63, 3.8) is 0 Å². The summed E-state index contributed by atoms with van der Waals surface area (Å²) in [5, 5.41) is 0.660. The fourth-order valence-corrected chi connectivity index (χ4v) is 2.30. The Labute approximate surface area is 98.3 Å². The van der Waals surface area contributed by atoms with Gasteiger partial charge in [0.2, 0.25) is 0 Å². The van der Waals surface area contributed by atoms with Crippen molar-refractivity contribution in [2.45, 2.75) is 6.04 Å². The number of hydrogen-bond donors (Lipinski definition) is 1. The molecule has 1 N–H and O–H groups in total. The topological polar surface area (TPSA) is 96.4 Å². The van der Waals surface area contributed by atoms with Crippen molar-refractivity contribution in [2.75, 3.05) is 26.8 Å². The van der Waals surface area contributed by atoms with Gasteiger partial charge in [-0.25, -0.2) is 4.79 Å². The Kier molecular flexibility index (Phi) is 3.08. The van der Waals surface area contributed by atoms with E-state index in [1.54, 1.807) is 6.08 Å². The van der Waals surface area contributed by atoms with Gasteiger partial charge in [-0.3, -0.25) is 4.55 Å². The second-order valence-corrected chi connectivity index (χ2v) is 4.75. The monoisotopic (exact) mass is 264 g/mol. The summed E-state index contributed by atoms with van der Waals surface area (Å²) in [7, 11) is -3.21. The highest BCUT2D eigenvalue weighted by molar-refractivity contribution is 7.80. The van der Waals surface area contributed by atoms with Crippen LogP contribution < -0.4 is 0 Å². The van der Waals surface area contributed by atoms with Crippen LogP contribution in [0.25, 0.3) is 0 Å². The summed E-state index contributed by atoms with van der Waals surface area (Å²) in [4.78, 5) is 13.1. The maximum Gasteiger partial charge on any atom is 0.418 e. The molecule has 2 bridgehead atoms. The number of hydrogen-bond acceptors (Lipinski definition) is 5. The molecule has 0 aromatic rings. The van der Waals surface area contributed by atoms with Gasteiger partial charge in [0.1, 0.15) is 6.04 Å². The number of fused-ring (bicyclic) bond motifs is 2. The highest BCUT2D eigenvalue weighted by Crippen LogP contribution is 2.27. The van der Waals surface area contributed by atoms with E-state index in [2.05, 4.69) is 4.28 Å². The fourth-order valence-electron chi connectivity index (χ4n) is 1.92. The number of methoxy groups -OCH3 is 1. The molecule has 2 amide bonds. The van der Waals surface area contributed by atoms with E-state index in [0.29, 0.717) is 18.2 Å². The van der Waals surface area contributed by atoms with Crippen LogP contribution in [0.15, 0.2) is 11.6 Å². The van der Waals surface area contributed by atoms with Crippen LogP contribution in [0.3, 0.4) is 0 Å². The van der Waals surface area contributed by atoms with Gasteiger partial charge in [-0.2, -0.15) is 13.5 Å². The molecule has 2 heterocycles. The van der Waals surface area contributed by atoms with Crippen LogP contribution in [0.5, 0.6) is 0 Å². The molecule has 96 valence electrons. The van der Waals surface area contributed by atoms with Crippen LogP contribution in [-0.2, 0) is 19.4 Å². The van der Waals surface area contributed by atoms with Gasteiger partial charge in [0, 0.05) is 20.2 Å². The Balaban J connectivity index is 2.22. The van der Waals surface area contributed by atoms with Gasteiger partial charge >= 0.3 is 16.4 Å². The molecule has 1 unspecified atom stereocenters. The van der Waals surface area contributed by atoms with E-state index >= 15 is 0 Å². The molecular formula is C8H12N2O6S. The molecule has 1 atom stereocenters. The van der Waals surface area contributed by atoms with E-state index in [-0.39, 0.29) is 6.61 Å². The van der Waals surface area contributed by atoms with Crippen molar-refractivity contribution in [3.8, 4) is 0 Å². The number of carbonyl (C=O) groups is 1. The molecule has 0 saturated carbocycles. The van der Waals surface area contributed by atoms with Crippen LogP contribution in [0.2, 0.25) is 0 Å². The summed E-state index contributed by atoms with van der Waals surface area (Å²) in [5.41, 5.74) is 0.748. The molecule has 0 radical (unpaired) electrons. The standard InChI is InChI=1S/C8H12N2O6S/c1-15-5-6-2-3-9-4-7(6)10(8(9)11)16-17(12,13)14/h2,7H,3-5H2,1H3,(H,12,13,14). The molecule has 9 heteroatoms. The summed E-state index contributed by atoms with van der Waals surface area (Å²) in [6.07, 6.45) is 1.78. The first-order chi connectivity index (χ1) is 7.92. The smallest absolute Gasteiger partial charge is 0.380 e. The molecule has 0 aliphatic carbocycles. The second kappa shape index (κ2) is 4.26. The van der Waals surface area contributed by atoms with Crippen LogP contribution in [0.4, 0.5) is 4.79 Å². The lowest BCUT2D eigenvalue weighted by atomic mass is 10.1. The van der Waals surface area contributed by atoms with E-state index in [9.17, 15) is 13.2 Å². The molecule has 17 heavy (non-hydrogen) atoms. The lowest BCUT2D eigenvalue weighted by molar-refractivity contribution is -0.0237. The molecule has 1 fully saturated rings. The predicted molar refractivity (Wildman–Crippen MR) is 55.2 cm³/mol. The molecule has 2 aliphatic heterocycles. The van der Waals surface area contributed by atoms with Crippen molar-refractivity contribution in [1.29, 1.82) is 0 Å². The minimum Gasteiger partial charge on any atom is -0.380 e. The molecular weight excluding hydrogens is 252 g/mol. The molecule has 0 aromatic carbocycles. The molecule has 1 saturated heterocycles. The van der Waals surface area contributed by atoms with Gasteiger partial charge in [-0.05, 0) is 5.57 Å². The average molecular weight is 264 g/mol. The first-order valence-electron chi connectivity index (χ1n) is 4.85. The zero-order valence-corrected chi connectivity index (χ0v) is 9.88. The number of rotatable bonds is 4. The van der Waals surface area contributed by atoms with E-state index in [1.807, 2.05) is 0 Å². The van der Waals surface area contributed by atoms with E-state index in [0.717, 1.165) is 5.57 Å². The van der Waals surface area contributed by atoms with Crippen LogP contribution in [0, 0.1) is 0 Å². The number of hydroxylamine groups is 2. The third-order valence-corrected chi connectivity index (χ3v) is 2.97. The highest BCUT2D eigenvalue weighted by Gasteiger charge is 2.44. The zero-order valence-electron chi connectivity index (χ0n) is 9.07. The second-order valence-electron chi connectivity index (χ2n) is 3.74. The average Bonchev–Trinajstić information content (AvgIpc) is 2.46. The number of nitrogens with zero attached hydrogens (tertiary/aromatic N) is 2. The largest absolute Gasteiger partial charge is 0.418 e. The van der Waals surface area contributed by atoms with Crippen LogP contribution in [0.1, 0.15) is 0 Å². The van der Waals surface area contributed by atoms with Crippen LogP contribution >= 0.6 is 0 Å². The number of carbonyl (C=O) groups excluding carboxylic acids is 1. The van der Waals surface area contributed by atoms with Crippen molar-refractivity contribution in [1.82, 2.24) is 9.96 Å². The molecule has 0 aromatic heterocycles. The lowest BCUT2D eigenvalue weighted by Crippen LogP contribution is -2.37. The summed E-state index contributed by atoms with van der Waals surface area (Å²) < 4.78 is 39.2. The molecule has 2 aliphatic rings. The Morgan fingerprint density at radius 3 is 2.88 bits per heavy atom. The minimum absolute atomic E-state index is 0.275. The summed E-state index contributed by atoms with van der Waals surface area (Å²) in [6, 6.07) is -1.13. The van der Waals surface area contributed by atoms with Gasteiger partial charge < -0.3 is 9.64 Å². The molecule has 2 rings (SSSR count). The number of ether oxygens (including phenoxy) is 1. The Morgan fingerprint density at radius 2 is 2.29 bits per heavy atom. The Hall–Kier alpha value is -1.16. The normalized spacial score (nSPS) is 24.2.